The molecule has 0 amide bonds. The Kier molecular flexibility index (Phi) is 4.49. The van der Waals surface area contributed by atoms with E-state index >= 15 is 0 Å². The number of rotatable bonds is 4. The highest BCUT2D eigenvalue weighted by Gasteiger charge is 2.35. The molecule has 6 heteroatoms. The number of carbonyl (C=O) groups excluding carboxylic acids is 1. The van der Waals surface area contributed by atoms with E-state index in [1.165, 1.54) is 7.11 Å². The summed E-state index contributed by atoms with van der Waals surface area (Å²) in [5.74, 6) is 1.14. The molecule has 2 unspecified atom stereocenters. The quantitative estimate of drug-likeness (QED) is 0.695. The second kappa shape index (κ2) is 6.96. The maximum absolute atomic E-state index is 12.3. The van der Waals surface area contributed by atoms with Crippen LogP contribution in [0.3, 0.4) is 0 Å². The van der Waals surface area contributed by atoms with E-state index in [4.69, 9.17) is 14.2 Å². The molecule has 0 saturated heterocycles. The Hall–Kier alpha value is -2.99. The van der Waals surface area contributed by atoms with Crippen molar-refractivity contribution < 1.29 is 19.0 Å². The summed E-state index contributed by atoms with van der Waals surface area (Å²) in [4.78, 5) is 15.8. The summed E-state index contributed by atoms with van der Waals surface area (Å²) >= 11 is 0. The van der Waals surface area contributed by atoms with Crippen LogP contribution in [0.4, 0.5) is 0 Å². The first-order valence-corrected chi connectivity index (χ1v) is 8.81. The molecule has 6 nitrogen and oxygen atoms in total. The fraction of sp³-hybridized carbons (Fsp3) is 0.286. The van der Waals surface area contributed by atoms with Crippen LogP contribution in [0.25, 0.3) is 10.9 Å². The number of methoxy groups -OCH3 is 3. The number of benzene rings is 2. The number of nitrogens with one attached hydrogen (secondary N) is 2. The predicted molar refractivity (Wildman–Crippen MR) is 102 cm³/mol. The fourth-order valence-corrected chi connectivity index (χ4v) is 3.83. The van der Waals surface area contributed by atoms with Gasteiger partial charge >= 0.3 is 5.97 Å². The van der Waals surface area contributed by atoms with Crippen LogP contribution in [0.5, 0.6) is 11.5 Å². The Balaban J connectivity index is 1.88. The van der Waals surface area contributed by atoms with E-state index in [1.54, 1.807) is 14.2 Å². The minimum absolute atomic E-state index is 0.230. The summed E-state index contributed by atoms with van der Waals surface area (Å²) < 4.78 is 15.9. The van der Waals surface area contributed by atoms with Gasteiger partial charge in [-0.1, -0.05) is 18.2 Å². The van der Waals surface area contributed by atoms with Gasteiger partial charge in [-0.25, -0.2) is 0 Å². The number of aromatic nitrogens is 1. The molecule has 2 N–H and O–H groups in total. The van der Waals surface area contributed by atoms with Gasteiger partial charge in [-0.05, 0) is 23.8 Å². The van der Waals surface area contributed by atoms with Crippen molar-refractivity contribution in [3.63, 3.8) is 0 Å². The molecule has 0 radical (unpaired) electrons. The number of fused-ring (bicyclic) bond motifs is 3. The largest absolute Gasteiger partial charge is 0.497 e. The van der Waals surface area contributed by atoms with E-state index in [0.717, 1.165) is 27.7 Å². The van der Waals surface area contributed by atoms with Gasteiger partial charge in [0.1, 0.15) is 17.5 Å². The molecule has 1 aliphatic rings. The predicted octanol–water partition coefficient (Wildman–Crippen LogP) is 2.96. The second-order valence-corrected chi connectivity index (χ2v) is 6.55. The maximum Gasteiger partial charge on any atom is 0.323 e. The molecule has 140 valence electrons. The Morgan fingerprint density at radius 3 is 2.63 bits per heavy atom. The first-order chi connectivity index (χ1) is 13.2. The highest BCUT2D eigenvalue weighted by atomic mass is 16.5. The summed E-state index contributed by atoms with van der Waals surface area (Å²) in [7, 11) is 4.67. The number of esters is 1. The van der Waals surface area contributed by atoms with Gasteiger partial charge in [0.15, 0.2) is 0 Å². The van der Waals surface area contributed by atoms with Gasteiger partial charge in [-0.15, -0.1) is 0 Å². The molecule has 2 atom stereocenters. The van der Waals surface area contributed by atoms with E-state index in [2.05, 4.69) is 16.4 Å². The molecule has 3 aromatic rings. The fourth-order valence-electron chi connectivity index (χ4n) is 3.83. The van der Waals surface area contributed by atoms with E-state index in [9.17, 15) is 4.79 Å². The Morgan fingerprint density at radius 1 is 1.07 bits per heavy atom. The smallest absolute Gasteiger partial charge is 0.323 e. The molecule has 2 aromatic carbocycles. The molecular weight excluding hydrogens is 344 g/mol. The first-order valence-electron chi connectivity index (χ1n) is 8.81. The van der Waals surface area contributed by atoms with Crippen LogP contribution in [0.2, 0.25) is 0 Å². The molecule has 4 rings (SSSR count). The zero-order valence-corrected chi connectivity index (χ0v) is 15.5. The number of carbonyl (C=O) groups is 1. The highest BCUT2D eigenvalue weighted by Crippen LogP contribution is 2.39. The van der Waals surface area contributed by atoms with Crippen LogP contribution in [-0.4, -0.2) is 38.3 Å². The van der Waals surface area contributed by atoms with Crippen LogP contribution >= 0.6 is 0 Å². The molecule has 0 spiro atoms. The van der Waals surface area contributed by atoms with Crippen molar-refractivity contribution in [2.75, 3.05) is 21.3 Å². The van der Waals surface area contributed by atoms with Crippen LogP contribution in [-0.2, 0) is 16.0 Å². The zero-order valence-electron chi connectivity index (χ0n) is 15.5. The van der Waals surface area contributed by atoms with Gasteiger partial charge in [0, 0.05) is 34.6 Å². The van der Waals surface area contributed by atoms with Gasteiger partial charge in [-0.2, -0.15) is 0 Å². The Morgan fingerprint density at radius 2 is 1.89 bits per heavy atom. The van der Waals surface area contributed by atoms with Gasteiger partial charge in [-0.3, -0.25) is 10.1 Å². The van der Waals surface area contributed by atoms with Crippen LogP contribution in [0.15, 0.2) is 42.5 Å². The lowest BCUT2D eigenvalue weighted by molar-refractivity contribution is -0.143. The standard InChI is InChI=1S/C21H22N2O4/c1-25-12-8-9-14(18(10-12)26-2)19-20-15(11-17(23-19)21(24)27-3)13-6-4-5-7-16(13)22-20/h4-10,17,19,22-23H,11H2,1-3H3. The van der Waals surface area contributed by atoms with Gasteiger partial charge in [0.2, 0.25) is 0 Å². The Labute approximate surface area is 157 Å². The molecular formula is C21H22N2O4. The lowest BCUT2D eigenvalue weighted by atomic mass is 9.90. The molecule has 0 bridgehead atoms. The van der Waals surface area contributed by atoms with Crippen LogP contribution < -0.4 is 14.8 Å². The third-order valence-electron chi connectivity index (χ3n) is 5.15. The monoisotopic (exact) mass is 366 g/mol. The van der Waals surface area contributed by atoms with Crippen molar-refractivity contribution in [1.82, 2.24) is 10.3 Å². The first kappa shape index (κ1) is 17.4. The lowest BCUT2D eigenvalue weighted by Crippen LogP contribution is -2.45. The third-order valence-corrected chi connectivity index (χ3v) is 5.15. The second-order valence-electron chi connectivity index (χ2n) is 6.55. The number of hydrogen-bond donors (Lipinski definition) is 2. The van der Waals surface area contributed by atoms with E-state index in [1.807, 2.05) is 36.4 Å². The zero-order chi connectivity index (χ0) is 19.0. The Bertz CT molecular complexity index is 995. The summed E-state index contributed by atoms with van der Waals surface area (Å²) in [6, 6.07) is 13.2. The van der Waals surface area contributed by atoms with Crippen molar-refractivity contribution in [2.45, 2.75) is 18.5 Å². The number of aromatic amines is 1. The van der Waals surface area contributed by atoms with Crippen LogP contribution in [0.1, 0.15) is 22.9 Å². The van der Waals surface area contributed by atoms with Crippen LogP contribution in [0, 0.1) is 0 Å². The molecule has 27 heavy (non-hydrogen) atoms. The summed E-state index contributed by atoms with van der Waals surface area (Å²) in [6.45, 7) is 0. The van der Waals surface area contributed by atoms with Crippen molar-refractivity contribution >= 4 is 16.9 Å². The van der Waals surface area contributed by atoms with Gasteiger partial charge < -0.3 is 19.2 Å². The highest BCUT2D eigenvalue weighted by molar-refractivity contribution is 5.87. The average Bonchev–Trinajstić information content (AvgIpc) is 3.10. The third kappa shape index (κ3) is 2.92. The molecule has 0 fully saturated rings. The number of hydrogen-bond acceptors (Lipinski definition) is 5. The number of para-hydroxylation sites is 1. The maximum atomic E-state index is 12.3. The lowest BCUT2D eigenvalue weighted by Gasteiger charge is -2.31. The molecule has 2 heterocycles. The average molecular weight is 366 g/mol. The minimum Gasteiger partial charge on any atom is -0.497 e. The molecule has 1 aromatic heterocycles. The number of H-pyrrole nitrogens is 1. The van der Waals surface area contributed by atoms with Crippen molar-refractivity contribution in [3.05, 3.63) is 59.3 Å². The normalized spacial score (nSPS) is 18.8. The van der Waals surface area contributed by atoms with E-state index < -0.39 is 6.04 Å². The van der Waals surface area contributed by atoms with Crippen molar-refractivity contribution in [3.8, 4) is 11.5 Å². The molecule has 0 aliphatic carbocycles. The van der Waals surface area contributed by atoms with E-state index in [-0.39, 0.29) is 12.0 Å². The number of ether oxygens (including phenoxy) is 3. The topological polar surface area (TPSA) is 72.6 Å². The SMILES string of the molecule is COC(=O)C1Cc2c([nH]c3ccccc23)C(c2ccc(OC)cc2OC)N1. The van der Waals surface area contributed by atoms with Gasteiger partial charge in [0.25, 0.3) is 0 Å². The van der Waals surface area contributed by atoms with Gasteiger partial charge in [0.05, 0.1) is 27.4 Å². The summed E-state index contributed by atoms with van der Waals surface area (Å²) in [5.41, 5.74) is 4.15. The van der Waals surface area contributed by atoms with Crippen molar-refractivity contribution in [1.29, 1.82) is 0 Å². The molecule has 1 aliphatic heterocycles. The summed E-state index contributed by atoms with van der Waals surface area (Å²) in [5, 5.41) is 4.55. The summed E-state index contributed by atoms with van der Waals surface area (Å²) in [6.07, 6.45) is 0.570. The molecule has 0 saturated carbocycles. The minimum atomic E-state index is -0.432. The van der Waals surface area contributed by atoms with E-state index in [0.29, 0.717) is 17.9 Å². The van der Waals surface area contributed by atoms with Crippen molar-refractivity contribution in [2.24, 2.45) is 0 Å².